The molecule has 37 heavy (non-hydrogen) atoms. The van der Waals surface area contributed by atoms with E-state index in [1.54, 1.807) is 11.4 Å². The van der Waals surface area contributed by atoms with E-state index in [2.05, 4.69) is 15.3 Å². The van der Waals surface area contributed by atoms with Gasteiger partial charge >= 0.3 is 5.97 Å². The number of alkyl halides is 2. The average molecular weight is 557 g/mol. The van der Waals surface area contributed by atoms with Crippen LogP contribution in [0.3, 0.4) is 0 Å². The highest BCUT2D eigenvalue weighted by atomic mass is 32.2. The van der Waals surface area contributed by atoms with Crippen molar-refractivity contribution in [2.45, 2.75) is 24.9 Å². The number of hydrogen-bond acceptors (Lipinski definition) is 8. The number of fused-ring (bicyclic) bond motifs is 1. The minimum absolute atomic E-state index is 0.0897. The fourth-order valence-electron chi connectivity index (χ4n) is 5.19. The molecule has 4 heterocycles. The Hall–Kier alpha value is -2.85. The van der Waals surface area contributed by atoms with Crippen LogP contribution in [0.15, 0.2) is 46.0 Å². The van der Waals surface area contributed by atoms with E-state index in [1.807, 2.05) is 0 Å². The number of halogens is 3. The second kappa shape index (κ2) is 9.16. The van der Waals surface area contributed by atoms with Gasteiger partial charge in [0.25, 0.3) is 16.1 Å². The van der Waals surface area contributed by atoms with E-state index in [0.717, 1.165) is 4.31 Å². The zero-order chi connectivity index (χ0) is 26.7. The Kier molecular flexibility index (Phi) is 6.39. The molecule has 1 aromatic carbocycles. The SMILES string of the molecule is Cc1c(F)cccc1[C@@H]1N=C(c2nccs2)NC(CN2CC(F)(F)[C@@H]3CN(S(N)(=O)=O)C[C@@H]32)=C1C(=O)O. The summed E-state index contributed by atoms with van der Waals surface area (Å²) in [4.78, 5) is 22.6. The highest BCUT2D eigenvalue weighted by Gasteiger charge is 2.59. The van der Waals surface area contributed by atoms with E-state index in [4.69, 9.17) is 5.14 Å². The number of carboxylic acid groups (broad SMARTS) is 1. The van der Waals surface area contributed by atoms with E-state index in [0.29, 0.717) is 10.6 Å². The molecule has 0 saturated carbocycles. The second-order valence-corrected chi connectivity index (χ2v) is 11.6. The highest BCUT2D eigenvalue weighted by Crippen LogP contribution is 2.43. The number of thiazole rings is 1. The van der Waals surface area contributed by atoms with E-state index < -0.39 is 59.0 Å². The van der Waals surface area contributed by atoms with Gasteiger partial charge < -0.3 is 10.4 Å². The number of nitrogens with one attached hydrogen (secondary N) is 1. The third kappa shape index (κ3) is 4.65. The fourth-order valence-corrected chi connectivity index (χ4v) is 6.51. The first-order chi connectivity index (χ1) is 17.4. The van der Waals surface area contributed by atoms with Crippen LogP contribution in [0.2, 0.25) is 0 Å². The van der Waals surface area contributed by atoms with E-state index in [9.17, 15) is 31.5 Å². The summed E-state index contributed by atoms with van der Waals surface area (Å²) in [6, 6.07) is 2.25. The molecule has 3 atom stereocenters. The number of nitrogens with zero attached hydrogens (tertiary/aromatic N) is 4. The summed E-state index contributed by atoms with van der Waals surface area (Å²) in [5, 5.41) is 20.5. The molecular weight excluding hydrogens is 533 g/mol. The number of likely N-dealkylation sites (tertiary alicyclic amines) is 1. The molecule has 3 aliphatic rings. The van der Waals surface area contributed by atoms with Crippen LogP contribution in [-0.2, 0) is 15.0 Å². The third-order valence-corrected chi connectivity index (χ3v) is 8.80. The number of rotatable bonds is 6. The Bertz CT molecular complexity index is 1410. The molecule has 2 aromatic rings. The summed E-state index contributed by atoms with van der Waals surface area (Å²) in [6.45, 7) is -0.106. The van der Waals surface area contributed by atoms with Gasteiger partial charge in [-0.3, -0.25) is 9.89 Å². The molecule has 0 radical (unpaired) electrons. The molecule has 1 aromatic heterocycles. The lowest BCUT2D eigenvalue weighted by atomic mass is 9.92. The van der Waals surface area contributed by atoms with Crippen molar-refractivity contribution < 1.29 is 31.5 Å². The zero-order valence-electron chi connectivity index (χ0n) is 19.4. The van der Waals surface area contributed by atoms with Gasteiger partial charge in [0.2, 0.25) is 0 Å². The lowest BCUT2D eigenvalue weighted by Gasteiger charge is -2.31. The average Bonchev–Trinajstić information content (AvgIpc) is 3.54. The van der Waals surface area contributed by atoms with Crippen molar-refractivity contribution in [1.82, 2.24) is 19.5 Å². The van der Waals surface area contributed by atoms with Gasteiger partial charge in [-0.15, -0.1) is 11.3 Å². The molecule has 0 aliphatic carbocycles. The number of carboxylic acids is 1. The van der Waals surface area contributed by atoms with Gasteiger partial charge in [-0.1, -0.05) is 12.1 Å². The van der Waals surface area contributed by atoms with Crippen LogP contribution >= 0.6 is 11.3 Å². The van der Waals surface area contributed by atoms with Gasteiger partial charge in [0.15, 0.2) is 10.8 Å². The first-order valence-electron chi connectivity index (χ1n) is 11.2. The first kappa shape index (κ1) is 25.8. The third-order valence-electron chi connectivity index (χ3n) is 7.00. The summed E-state index contributed by atoms with van der Waals surface area (Å²) in [6.07, 6.45) is 1.54. The van der Waals surface area contributed by atoms with Crippen LogP contribution in [0.5, 0.6) is 0 Å². The van der Waals surface area contributed by atoms with Crippen LogP contribution in [0.1, 0.15) is 22.2 Å². The molecule has 15 heteroatoms. The Morgan fingerprint density at radius 1 is 1.35 bits per heavy atom. The minimum atomic E-state index is -4.18. The van der Waals surface area contributed by atoms with E-state index >= 15 is 0 Å². The molecule has 10 nitrogen and oxygen atoms in total. The quantitative estimate of drug-likeness (QED) is 0.489. The lowest BCUT2D eigenvalue weighted by molar-refractivity contribution is -0.133. The lowest BCUT2D eigenvalue weighted by Crippen LogP contribution is -2.44. The summed E-state index contributed by atoms with van der Waals surface area (Å²) in [7, 11) is -4.18. The predicted molar refractivity (Wildman–Crippen MR) is 129 cm³/mol. The van der Waals surface area contributed by atoms with Crippen molar-refractivity contribution in [3.63, 3.8) is 0 Å². The number of aromatic nitrogens is 1. The summed E-state index contributed by atoms with van der Waals surface area (Å²) >= 11 is 1.24. The molecule has 0 bridgehead atoms. The maximum atomic E-state index is 14.9. The number of nitrogens with two attached hydrogens (primary N) is 1. The van der Waals surface area contributed by atoms with Crippen LogP contribution in [0.25, 0.3) is 0 Å². The van der Waals surface area contributed by atoms with Crippen LogP contribution in [-0.4, -0.2) is 77.7 Å². The normalized spacial score (nSPS) is 26.2. The molecule has 3 aliphatic heterocycles. The molecular formula is C22H23F3N6O4S2. The Morgan fingerprint density at radius 2 is 2.11 bits per heavy atom. The van der Waals surface area contributed by atoms with Crippen molar-refractivity contribution in [2.24, 2.45) is 16.0 Å². The van der Waals surface area contributed by atoms with Gasteiger partial charge in [0.05, 0.1) is 18.0 Å². The molecule has 5 rings (SSSR count). The summed E-state index contributed by atoms with van der Waals surface area (Å²) in [5.41, 5.74) is 0.396. The Balaban J connectivity index is 1.57. The van der Waals surface area contributed by atoms with Crippen LogP contribution in [0.4, 0.5) is 13.2 Å². The molecule has 0 amide bonds. The maximum absolute atomic E-state index is 14.9. The van der Waals surface area contributed by atoms with Gasteiger partial charge in [0.1, 0.15) is 11.9 Å². The monoisotopic (exact) mass is 556 g/mol. The van der Waals surface area contributed by atoms with Crippen molar-refractivity contribution in [3.05, 3.63) is 63.0 Å². The Labute approximate surface area is 214 Å². The second-order valence-electron chi connectivity index (χ2n) is 9.20. The van der Waals surface area contributed by atoms with Crippen LogP contribution < -0.4 is 10.5 Å². The summed E-state index contributed by atoms with van der Waals surface area (Å²) in [5.74, 6) is -6.17. The smallest absolute Gasteiger partial charge is 0.335 e. The minimum Gasteiger partial charge on any atom is -0.478 e. The van der Waals surface area contributed by atoms with Gasteiger partial charge in [-0.05, 0) is 24.1 Å². The number of benzene rings is 1. The van der Waals surface area contributed by atoms with Crippen molar-refractivity contribution in [1.29, 1.82) is 0 Å². The van der Waals surface area contributed by atoms with Gasteiger partial charge in [0, 0.05) is 43.0 Å². The topological polar surface area (TPSA) is 141 Å². The zero-order valence-corrected chi connectivity index (χ0v) is 21.1. The highest BCUT2D eigenvalue weighted by molar-refractivity contribution is 7.86. The molecule has 2 saturated heterocycles. The van der Waals surface area contributed by atoms with Crippen molar-refractivity contribution >= 4 is 33.4 Å². The Morgan fingerprint density at radius 3 is 2.76 bits per heavy atom. The maximum Gasteiger partial charge on any atom is 0.335 e. The number of aliphatic carboxylic acids is 1. The van der Waals surface area contributed by atoms with Crippen molar-refractivity contribution in [2.75, 3.05) is 26.2 Å². The predicted octanol–water partition coefficient (Wildman–Crippen LogP) is 1.48. The van der Waals surface area contributed by atoms with E-state index in [-0.39, 0.29) is 35.8 Å². The van der Waals surface area contributed by atoms with Crippen molar-refractivity contribution in [3.8, 4) is 0 Å². The molecule has 2 fully saturated rings. The molecule has 198 valence electrons. The largest absolute Gasteiger partial charge is 0.478 e. The number of hydrogen-bond donors (Lipinski definition) is 3. The number of carbonyl (C=O) groups is 1. The number of aliphatic imine (C=N–C) groups is 1. The molecule has 4 N–H and O–H groups in total. The van der Waals surface area contributed by atoms with Gasteiger partial charge in [-0.25, -0.2) is 28.1 Å². The molecule has 0 spiro atoms. The first-order valence-corrected chi connectivity index (χ1v) is 13.6. The number of amidine groups is 1. The van der Waals surface area contributed by atoms with E-state index in [1.165, 1.54) is 41.5 Å². The van der Waals surface area contributed by atoms with Gasteiger partial charge in [-0.2, -0.15) is 12.7 Å². The fraction of sp³-hybridized carbons (Fsp3) is 0.409. The molecule has 0 unspecified atom stereocenters. The van der Waals surface area contributed by atoms with Crippen LogP contribution in [0, 0.1) is 18.7 Å². The standard InChI is InChI=1S/C22H23F3N6O4S2/c1-11-12(3-2-4-14(11)23)18-17(21(32)33)15(28-19(29-18)20-27-5-6-36-20)8-30-10-22(24,25)13-7-31(9-16(13)30)37(26,34)35/h2-6,13,16,18H,7-10H2,1H3,(H,28,29)(H,32,33)(H2,26,34,35)/t13-,16+,18+/m1/s1. The summed E-state index contributed by atoms with van der Waals surface area (Å²) < 4.78 is 68.8.